The predicted octanol–water partition coefficient (Wildman–Crippen LogP) is 1.71. The van der Waals surface area contributed by atoms with Crippen molar-refractivity contribution in [3.8, 4) is 0 Å². The average Bonchev–Trinajstić information content (AvgIpc) is 2.71. The Kier molecular flexibility index (Phi) is 4.73. The van der Waals surface area contributed by atoms with E-state index in [1.54, 1.807) is 0 Å². The van der Waals surface area contributed by atoms with E-state index in [4.69, 9.17) is 4.74 Å². The number of hydrogen-bond acceptors (Lipinski definition) is 4. The van der Waals surface area contributed by atoms with Gasteiger partial charge in [-0.3, -0.25) is 14.5 Å². The van der Waals surface area contributed by atoms with Crippen molar-refractivity contribution in [1.82, 2.24) is 10.2 Å². The van der Waals surface area contributed by atoms with Crippen LogP contribution in [0.15, 0.2) is 0 Å². The van der Waals surface area contributed by atoms with Crippen LogP contribution in [0.25, 0.3) is 0 Å². The number of carbonyl (C=O) groups excluding carboxylic acids is 2. The van der Waals surface area contributed by atoms with Crippen molar-refractivity contribution in [2.75, 3.05) is 6.61 Å². The number of imide groups is 1. The maximum absolute atomic E-state index is 12.4. The molecule has 1 heterocycles. The third-order valence-electron chi connectivity index (χ3n) is 5.16. The van der Waals surface area contributed by atoms with Crippen LogP contribution < -0.4 is 5.32 Å². The van der Waals surface area contributed by atoms with E-state index in [1.165, 1.54) is 4.90 Å². The molecular weight excluding hydrogens is 268 g/mol. The number of nitrogens with one attached hydrogen (secondary N) is 1. The van der Waals surface area contributed by atoms with Gasteiger partial charge in [-0.2, -0.15) is 0 Å². The summed E-state index contributed by atoms with van der Waals surface area (Å²) in [5, 5.41) is 3.39. The Morgan fingerprint density at radius 2 is 2.05 bits per heavy atom. The highest BCUT2D eigenvalue weighted by molar-refractivity contribution is 6.05. The summed E-state index contributed by atoms with van der Waals surface area (Å²) >= 11 is 0. The lowest BCUT2D eigenvalue weighted by molar-refractivity contribution is -0.142. The summed E-state index contributed by atoms with van der Waals surface area (Å²) in [7, 11) is 0. The lowest BCUT2D eigenvalue weighted by Crippen LogP contribution is -2.63. The van der Waals surface area contributed by atoms with Crippen molar-refractivity contribution in [1.29, 1.82) is 0 Å². The number of rotatable bonds is 6. The molecule has 120 valence electrons. The Bertz CT molecular complexity index is 422. The summed E-state index contributed by atoms with van der Waals surface area (Å²) in [6.45, 7) is 10.9. The second kappa shape index (κ2) is 6.05. The Hall–Kier alpha value is -0.940. The molecule has 0 aromatic carbocycles. The summed E-state index contributed by atoms with van der Waals surface area (Å²) in [6.07, 6.45) is 2.22. The number of nitrogens with zero attached hydrogens (tertiary/aromatic N) is 1. The lowest BCUT2D eigenvalue weighted by Gasteiger charge is -2.52. The molecule has 0 bridgehead atoms. The molecule has 2 amide bonds. The lowest BCUT2D eigenvalue weighted by atomic mass is 9.64. The Balaban J connectivity index is 1.96. The van der Waals surface area contributed by atoms with Gasteiger partial charge >= 0.3 is 0 Å². The number of hydrogen-bond donors (Lipinski definition) is 1. The molecule has 0 aromatic heterocycles. The van der Waals surface area contributed by atoms with Gasteiger partial charge in [0.15, 0.2) is 0 Å². The fraction of sp³-hybridized carbons (Fsp3) is 0.875. The van der Waals surface area contributed by atoms with Crippen LogP contribution >= 0.6 is 0 Å². The van der Waals surface area contributed by atoms with E-state index >= 15 is 0 Å². The first-order valence-corrected chi connectivity index (χ1v) is 8.06. The molecule has 5 nitrogen and oxygen atoms in total. The van der Waals surface area contributed by atoms with Gasteiger partial charge in [-0.15, -0.1) is 0 Å². The summed E-state index contributed by atoms with van der Waals surface area (Å²) in [5.41, 5.74) is 0.00311. The van der Waals surface area contributed by atoms with Crippen molar-refractivity contribution in [2.45, 2.75) is 78.1 Å². The Labute approximate surface area is 127 Å². The van der Waals surface area contributed by atoms with Gasteiger partial charge in [-0.25, -0.2) is 0 Å². The standard InChI is InChI=1S/C16H28N2O3/c1-6-10(3)18-14(19)8-11(15(18)20)17-12-9-13(21-7-2)16(12,4)5/h10-13,17H,6-9H2,1-5H3. The minimum absolute atomic E-state index is 0.00311. The number of ether oxygens (including phenoxy) is 1. The molecule has 1 aliphatic heterocycles. The van der Waals surface area contributed by atoms with E-state index in [0.717, 1.165) is 12.8 Å². The van der Waals surface area contributed by atoms with Gasteiger partial charge in [-0.1, -0.05) is 20.8 Å². The van der Waals surface area contributed by atoms with Crippen LogP contribution in [0, 0.1) is 5.41 Å². The average molecular weight is 296 g/mol. The van der Waals surface area contributed by atoms with Crippen LogP contribution in [0.2, 0.25) is 0 Å². The minimum Gasteiger partial charge on any atom is -0.378 e. The van der Waals surface area contributed by atoms with Crippen LogP contribution in [0.3, 0.4) is 0 Å². The van der Waals surface area contributed by atoms with Crippen molar-refractivity contribution in [3.05, 3.63) is 0 Å². The van der Waals surface area contributed by atoms with Gasteiger partial charge < -0.3 is 10.1 Å². The highest BCUT2D eigenvalue weighted by Crippen LogP contribution is 2.43. The zero-order valence-corrected chi connectivity index (χ0v) is 13.8. The van der Waals surface area contributed by atoms with Crippen molar-refractivity contribution >= 4 is 11.8 Å². The van der Waals surface area contributed by atoms with E-state index in [9.17, 15) is 9.59 Å². The zero-order chi connectivity index (χ0) is 15.8. The highest BCUT2D eigenvalue weighted by Gasteiger charge is 2.51. The van der Waals surface area contributed by atoms with Crippen LogP contribution in [0.5, 0.6) is 0 Å². The Morgan fingerprint density at radius 3 is 2.57 bits per heavy atom. The molecule has 1 saturated heterocycles. The first-order valence-electron chi connectivity index (χ1n) is 8.06. The molecule has 4 unspecified atom stereocenters. The molecule has 2 fully saturated rings. The van der Waals surface area contributed by atoms with Crippen molar-refractivity contribution in [3.63, 3.8) is 0 Å². The normalized spacial score (nSPS) is 33.2. The predicted molar refractivity (Wildman–Crippen MR) is 80.7 cm³/mol. The Morgan fingerprint density at radius 1 is 1.38 bits per heavy atom. The molecule has 0 aromatic rings. The quantitative estimate of drug-likeness (QED) is 0.758. The molecule has 1 N–H and O–H groups in total. The van der Waals surface area contributed by atoms with E-state index in [-0.39, 0.29) is 47.9 Å². The van der Waals surface area contributed by atoms with Crippen LogP contribution in [-0.4, -0.2) is 47.6 Å². The van der Waals surface area contributed by atoms with Crippen molar-refractivity contribution in [2.24, 2.45) is 5.41 Å². The van der Waals surface area contributed by atoms with Gasteiger partial charge in [0.05, 0.1) is 18.6 Å². The molecular formula is C16H28N2O3. The van der Waals surface area contributed by atoms with Gasteiger partial charge in [0.2, 0.25) is 11.8 Å². The second-order valence-electron chi connectivity index (χ2n) is 6.84. The molecule has 0 radical (unpaired) electrons. The molecule has 21 heavy (non-hydrogen) atoms. The fourth-order valence-corrected chi connectivity index (χ4v) is 3.32. The molecule has 5 heteroatoms. The van der Waals surface area contributed by atoms with Gasteiger partial charge in [0.1, 0.15) is 0 Å². The van der Waals surface area contributed by atoms with Gasteiger partial charge in [0, 0.05) is 24.1 Å². The smallest absolute Gasteiger partial charge is 0.247 e. The molecule has 0 spiro atoms. The zero-order valence-electron chi connectivity index (χ0n) is 13.8. The van der Waals surface area contributed by atoms with Crippen molar-refractivity contribution < 1.29 is 14.3 Å². The number of amides is 2. The maximum Gasteiger partial charge on any atom is 0.247 e. The minimum atomic E-state index is -0.363. The summed E-state index contributed by atoms with van der Waals surface area (Å²) < 4.78 is 5.71. The van der Waals surface area contributed by atoms with Gasteiger partial charge in [0.25, 0.3) is 0 Å². The van der Waals surface area contributed by atoms with Crippen LogP contribution in [0.4, 0.5) is 0 Å². The largest absolute Gasteiger partial charge is 0.378 e. The van der Waals surface area contributed by atoms with E-state index < -0.39 is 0 Å². The third-order valence-corrected chi connectivity index (χ3v) is 5.16. The molecule has 4 atom stereocenters. The monoisotopic (exact) mass is 296 g/mol. The SMILES string of the molecule is CCOC1CC(NC2CC(=O)N(C(C)CC)C2=O)C1(C)C. The van der Waals surface area contributed by atoms with E-state index in [1.807, 2.05) is 20.8 Å². The highest BCUT2D eigenvalue weighted by atomic mass is 16.5. The van der Waals surface area contributed by atoms with Gasteiger partial charge in [-0.05, 0) is 26.7 Å². The molecule has 2 aliphatic rings. The maximum atomic E-state index is 12.4. The molecule has 1 aliphatic carbocycles. The topological polar surface area (TPSA) is 58.6 Å². The number of likely N-dealkylation sites (tertiary alicyclic amines) is 1. The molecule has 1 saturated carbocycles. The number of carbonyl (C=O) groups is 2. The first-order chi connectivity index (χ1) is 9.82. The summed E-state index contributed by atoms with van der Waals surface area (Å²) in [5.74, 6) is -0.115. The summed E-state index contributed by atoms with van der Waals surface area (Å²) in [6, 6.07) is -0.145. The van der Waals surface area contributed by atoms with E-state index in [0.29, 0.717) is 6.61 Å². The van der Waals surface area contributed by atoms with Crippen LogP contribution in [-0.2, 0) is 14.3 Å². The summed E-state index contributed by atoms with van der Waals surface area (Å²) in [4.78, 5) is 25.9. The molecule has 2 rings (SSSR count). The third kappa shape index (κ3) is 2.86. The van der Waals surface area contributed by atoms with E-state index in [2.05, 4.69) is 19.2 Å². The second-order valence-corrected chi connectivity index (χ2v) is 6.84. The van der Waals surface area contributed by atoms with Crippen LogP contribution in [0.1, 0.15) is 53.9 Å². The fourth-order valence-electron chi connectivity index (χ4n) is 3.32. The first kappa shape index (κ1) is 16.4.